The Bertz CT molecular complexity index is 2140. The lowest BCUT2D eigenvalue weighted by Gasteiger charge is -2.35. The van der Waals surface area contributed by atoms with Gasteiger partial charge in [-0.05, 0) is 79.8 Å². The van der Waals surface area contributed by atoms with Gasteiger partial charge in [0.15, 0.2) is 5.65 Å². The number of hydrogen-bond acceptors (Lipinski definition) is 8. The third kappa shape index (κ3) is 9.80. The fourth-order valence-corrected chi connectivity index (χ4v) is 5.95. The number of carbonyl (C=O) groups is 1. The Hall–Kier alpha value is -5.70. The van der Waals surface area contributed by atoms with Crippen LogP contribution in [-0.2, 0) is 12.0 Å². The summed E-state index contributed by atoms with van der Waals surface area (Å²) in [5.74, 6) is 4.71. The normalized spacial score (nSPS) is 14.3. The van der Waals surface area contributed by atoms with Gasteiger partial charge in [-0.1, -0.05) is 12.0 Å². The Kier molecular flexibility index (Phi) is 11.6. The molecular weight excluding hydrogens is 686 g/mol. The van der Waals surface area contributed by atoms with Crippen LogP contribution < -0.4 is 10.6 Å². The molecule has 5 rings (SSSR count). The van der Waals surface area contributed by atoms with Gasteiger partial charge >= 0.3 is 6.18 Å². The highest BCUT2D eigenvalue weighted by molar-refractivity contribution is 6.05. The lowest BCUT2D eigenvalue weighted by molar-refractivity contribution is -0.149. The maximum absolute atomic E-state index is 15.3. The molecule has 0 saturated carbocycles. The molecule has 1 amide bonds. The number of nitrogens with zero attached hydrogens (tertiary/aromatic N) is 6. The molecule has 1 aliphatic heterocycles. The molecule has 0 spiro atoms. The first-order chi connectivity index (χ1) is 25.0. The number of piperazine rings is 1. The van der Waals surface area contributed by atoms with Crippen molar-refractivity contribution in [2.45, 2.75) is 38.9 Å². The smallest absolute Gasteiger partial charge is 0.382 e. The minimum Gasteiger partial charge on any atom is -0.382 e. The lowest BCUT2D eigenvalue weighted by atomic mass is 9.85. The van der Waals surface area contributed by atoms with E-state index in [4.69, 9.17) is 5.41 Å². The molecular formula is C39H41F4N9O. The Morgan fingerprint density at radius 3 is 2.43 bits per heavy atom. The fourth-order valence-electron chi connectivity index (χ4n) is 5.95. The van der Waals surface area contributed by atoms with Gasteiger partial charge in [0.1, 0.15) is 11.5 Å². The predicted octanol–water partition coefficient (Wildman–Crippen LogP) is 6.38. The maximum Gasteiger partial charge on any atom is 0.401 e. The van der Waals surface area contributed by atoms with Gasteiger partial charge in [-0.2, -0.15) is 18.4 Å². The van der Waals surface area contributed by atoms with Crippen LogP contribution in [0.5, 0.6) is 0 Å². The number of nitrogens with one attached hydrogen (secondary N) is 3. The van der Waals surface area contributed by atoms with Crippen LogP contribution >= 0.6 is 0 Å². The molecule has 14 heteroatoms. The Labute approximate surface area is 306 Å². The highest BCUT2D eigenvalue weighted by atomic mass is 19.4. The van der Waals surface area contributed by atoms with E-state index in [9.17, 15) is 23.2 Å². The number of hydrogen-bond donors (Lipinski definition) is 3. The van der Waals surface area contributed by atoms with E-state index >= 15 is 4.39 Å². The number of aryl methyl sites for hydroxylation is 1. The average Bonchev–Trinajstić information content (AvgIpc) is 3.51. The summed E-state index contributed by atoms with van der Waals surface area (Å²) in [7, 11) is 3.71. The molecule has 0 radical (unpaired) electrons. The zero-order valence-electron chi connectivity index (χ0n) is 30.2. The first kappa shape index (κ1) is 38.5. The van der Waals surface area contributed by atoms with Crippen LogP contribution in [0.1, 0.15) is 52.2 Å². The van der Waals surface area contributed by atoms with Gasteiger partial charge in [0.2, 0.25) is 0 Å². The topological polar surface area (TPSA) is 116 Å². The van der Waals surface area contributed by atoms with Gasteiger partial charge < -0.3 is 20.9 Å². The molecule has 0 unspecified atom stereocenters. The molecule has 0 aliphatic carbocycles. The number of carbonyl (C=O) groups excluding carboxylic acids is 1. The summed E-state index contributed by atoms with van der Waals surface area (Å²) in [5.41, 5.74) is 3.95. The summed E-state index contributed by atoms with van der Waals surface area (Å²) in [4.78, 5) is 23.3. The number of rotatable bonds is 10. The van der Waals surface area contributed by atoms with Crippen molar-refractivity contribution >= 4 is 29.1 Å². The third-order valence-corrected chi connectivity index (χ3v) is 8.78. The van der Waals surface area contributed by atoms with Crippen molar-refractivity contribution in [1.82, 2.24) is 24.1 Å². The van der Waals surface area contributed by atoms with E-state index in [1.165, 1.54) is 23.2 Å². The Balaban J connectivity index is 1.38. The molecule has 2 aromatic carbocycles. The van der Waals surface area contributed by atoms with Crippen LogP contribution in [0.25, 0.3) is 5.65 Å². The lowest BCUT2D eigenvalue weighted by Crippen LogP contribution is -2.48. The summed E-state index contributed by atoms with van der Waals surface area (Å²) >= 11 is 0. The third-order valence-electron chi connectivity index (χ3n) is 8.78. The molecule has 3 heterocycles. The largest absolute Gasteiger partial charge is 0.401 e. The van der Waals surface area contributed by atoms with E-state index in [1.54, 1.807) is 55.9 Å². The van der Waals surface area contributed by atoms with Crippen LogP contribution in [0.15, 0.2) is 66.8 Å². The SMILES string of the molecule is Cc1cc(F)c(C(=O)Nc2cc(CN3CCN(CC(F)(F)F)CC3)cc(C(C)(C)C#N)c2)cc1C#Cc1cnc2c(N/C(C=N)=C/N(C)C)cccn12. The number of imidazole rings is 1. The molecule has 2 aromatic heterocycles. The number of pyridine rings is 1. The van der Waals surface area contributed by atoms with Crippen molar-refractivity contribution < 1.29 is 22.4 Å². The summed E-state index contributed by atoms with van der Waals surface area (Å²) in [6.45, 7) is 6.02. The van der Waals surface area contributed by atoms with E-state index < -0.39 is 29.9 Å². The van der Waals surface area contributed by atoms with Crippen molar-refractivity contribution in [3.05, 3.63) is 106 Å². The predicted molar refractivity (Wildman–Crippen MR) is 197 cm³/mol. The van der Waals surface area contributed by atoms with Crippen molar-refractivity contribution in [2.24, 2.45) is 0 Å². The number of amides is 1. The molecule has 10 nitrogen and oxygen atoms in total. The summed E-state index contributed by atoms with van der Waals surface area (Å²) < 4.78 is 55.8. The summed E-state index contributed by atoms with van der Waals surface area (Å²) in [6, 6.07) is 13.8. The van der Waals surface area contributed by atoms with E-state index in [1.807, 2.05) is 42.1 Å². The van der Waals surface area contributed by atoms with Gasteiger partial charge in [0, 0.05) is 76.7 Å². The Morgan fingerprint density at radius 1 is 1.06 bits per heavy atom. The Morgan fingerprint density at radius 2 is 1.77 bits per heavy atom. The number of fused-ring (bicyclic) bond motifs is 1. The number of benzene rings is 2. The highest BCUT2D eigenvalue weighted by Gasteiger charge is 2.32. The minimum absolute atomic E-state index is 0.219. The van der Waals surface area contributed by atoms with Crippen molar-refractivity contribution in [3.8, 4) is 17.9 Å². The molecule has 1 saturated heterocycles. The molecule has 1 fully saturated rings. The second kappa shape index (κ2) is 15.9. The number of allylic oxidation sites excluding steroid dienone is 1. The molecule has 3 N–H and O–H groups in total. The number of alkyl halides is 3. The van der Waals surface area contributed by atoms with E-state index in [-0.39, 0.29) is 18.7 Å². The number of anilines is 2. The monoisotopic (exact) mass is 727 g/mol. The molecule has 53 heavy (non-hydrogen) atoms. The van der Waals surface area contributed by atoms with Crippen LogP contribution in [-0.4, -0.2) is 89.2 Å². The van der Waals surface area contributed by atoms with Crippen LogP contribution in [0, 0.1) is 41.3 Å². The zero-order valence-corrected chi connectivity index (χ0v) is 30.2. The first-order valence-electron chi connectivity index (χ1n) is 16.9. The highest BCUT2D eigenvalue weighted by Crippen LogP contribution is 2.29. The van der Waals surface area contributed by atoms with Gasteiger partial charge in [0.25, 0.3) is 5.91 Å². The maximum atomic E-state index is 15.3. The van der Waals surface area contributed by atoms with E-state index in [0.29, 0.717) is 64.7 Å². The number of aromatic nitrogens is 2. The minimum atomic E-state index is -4.26. The molecule has 1 aliphatic rings. The standard InChI is InChI=1S/C39H41F4N9O/c1-26-15-34(40)33(18-28(26)8-9-32-21-46-36-35(7-6-10-52(32)36)47-31(20-44)23-49(4)5)37(53)48-30-17-27(16-29(19-30)38(2,3)24-45)22-50-11-13-51(14-12-50)25-39(41,42)43/h6-7,10,15-21,23,44,47H,11-14,22,25H2,1-5H3,(H,48,53)/b31-23+,44-20?. The zero-order chi connectivity index (χ0) is 38.5. The van der Waals surface area contributed by atoms with Crippen LogP contribution in [0.4, 0.5) is 28.9 Å². The van der Waals surface area contributed by atoms with Gasteiger partial charge in [-0.3, -0.25) is 19.0 Å². The number of halogens is 4. The second-order valence-corrected chi connectivity index (χ2v) is 13.8. The second-order valence-electron chi connectivity index (χ2n) is 13.8. The van der Waals surface area contributed by atoms with Crippen LogP contribution in [0.3, 0.4) is 0 Å². The quantitative estimate of drug-likeness (QED) is 0.0987. The number of nitriles is 1. The van der Waals surface area contributed by atoms with Crippen LogP contribution in [0.2, 0.25) is 0 Å². The van der Waals surface area contributed by atoms with Gasteiger partial charge in [0.05, 0.1) is 41.2 Å². The summed E-state index contributed by atoms with van der Waals surface area (Å²) in [6.07, 6.45) is 2.12. The average molecular weight is 728 g/mol. The summed E-state index contributed by atoms with van der Waals surface area (Å²) in [5, 5.41) is 23.6. The van der Waals surface area contributed by atoms with E-state index in [2.05, 4.69) is 33.5 Å². The van der Waals surface area contributed by atoms with Crippen molar-refractivity contribution in [3.63, 3.8) is 0 Å². The fraction of sp³-hybridized carbons (Fsp3) is 0.333. The first-order valence-corrected chi connectivity index (χ1v) is 16.9. The molecule has 0 bridgehead atoms. The van der Waals surface area contributed by atoms with Gasteiger partial charge in [-0.25, -0.2) is 9.37 Å². The molecule has 0 atom stereocenters. The van der Waals surface area contributed by atoms with Gasteiger partial charge in [-0.15, -0.1) is 0 Å². The molecule has 4 aromatic rings. The van der Waals surface area contributed by atoms with Crippen molar-refractivity contribution in [2.75, 3.05) is 57.5 Å². The molecule has 276 valence electrons. The van der Waals surface area contributed by atoms with E-state index in [0.717, 1.165) is 5.56 Å². The van der Waals surface area contributed by atoms with Crippen molar-refractivity contribution in [1.29, 1.82) is 10.7 Å².